The van der Waals surface area contributed by atoms with Crippen LogP contribution in [0.3, 0.4) is 0 Å². The topological polar surface area (TPSA) is 17.8 Å². The van der Waals surface area contributed by atoms with Crippen molar-refractivity contribution in [3.8, 4) is 0 Å². The van der Waals surface area contributed by atoms with Gasteiger partial charge in [0.15, 0.2) is 0 Å². The summed E-state index contributed by atoms with van der Waals surface area (Å²) in [5.74, 6) is 0.859. The number of para-hydroxylation sites is 2. The van der Waals surface area contributed by atoms with E-state index in [1.165, 1.54) is 44.0 Å². The molecule has 0 amide bonds. The lowest BCUT2D eigenvalue weighted by Crippen LogP contribution is -1.96. The molecule has 0 N–H and O–H groups in total. The first kappa shape index (κ1) is 14.1. The fourth-order valence-corrected chi connectivity index (χ4v) is 2.55. The molecular weight excluding hydrogens is 232 g/mol. The molecule has 0 aliphatic carbocycles. The molecule has 2 rings (SSSR count). The Bertz CT molecular complexity index is 485. The molecule has 0 atom stereocenters. The minimum atomic E-state index is 0.859. The van der Waals surface area contributed by atoms with Gasteiger partial charge in [0.1, 0.15) is 0 Å². The summed E-state index contributed by atoms with van der Waals surface area (Å²) < 4.78 is 2.28. The summed E-state index contributed by atoms with van der Waals surface area (Å²) in [6.45, 7) is 5.72. The normalized spacial score (nSPS) is 11.5. The van der Waals surface area contributed by atoms with Crippen molar-refractivity contribution in [2.45, 2.75) is 58.9 Å². The SMILES string of the molecule is CC(C)CCCCCCCn1cnc2ccccc21. The van der Waals surface area contributed by atoms with E-state index < -0.39 is 0 Å². The van der Waals surface area contributed by atoms with Crippen molar-refractivity contribution in [2.24, 2.45) is 5.92 Å². The summed E-state index contributed by atoms with van der Waals surface area (Å²) in [5, 5.41) is 0. The molecule has 0 radical (unpaired) electrons. The molecule has 0 aliphatic heterocycles. The number of benzene rings is 1. The van der Waals surface area contributed by atoms with Gasteiger partial charge in [-0.3, -0.25) is 0 Å². The highest BCUT2D eigenvalue weighted by Gasteiger charge is 2.00. The number of aromatic nitrogens is 2. The first-order chi connectivity index (χ1) is 9.27. The van der Waals surface area contributed by atoms with Crippen LogP contribution in [0.5, 0.6) is 0 Å². The van der Waals surface area contributed by atoms with Crippen LogP contribution >= 0.6 is 0 Å². The van der Waals surface area contributed by atoms with Gasteiger partial charge in [-0.05, 0) is 24.5 Å². The second-order valence-corrected chi connectivity index (χ2v) is 5.88. The van der Waals surface area contributed by atoms with Gasteiger partial charge >= 0.3 is 0 Å². The van der Waals surface area contributed by atoms with Crippen LogP contribution in [0.15, 0.2) is 30.6 Å². The Morgan fingerprint density at radius 1 is 1.00 bits per heavy atom. The van der Waals surface area contributed by atoms with E-state index in [9.17, 15) is 0 Å². The summed E-state index contributed by atoms with van der Waals surface area (Å²) in [6, 6.07) is 8.38. The van der Waals surface area contributed by atoms with Crippen molar-refractivity contribution in [2.75, 3.05) is 0 Å². The van der Waals surface area contributed by atoms with Crippen LogP contribution < -0.4 is 0 Å². The molecule has 2 heteroatoms. The molecule has 0 bridgehead atoms. The molecular formula is C17H26N2. The maximum atomic E-state index is 4.43. The summed E-state index contributed by atoms with van der Waals surface area (Å²) in [6.07, 6.45) is 10.1. The highest BCUT2D eigenvalue weighted by atomic mass is 15.0. The number of fused-ring (bicyclic) bond motifs is 1. The monoisotopic (exact) mass is 258 g/mol. The van der Waals surface area contributed by atoms with Gasteiger partial charge in [-0.15, -0.1) is 0 Å². The second-order valence-electron chi connectivity index (χ2n) is 5.88. The predicted octanol–water partition coefficient (Wildman–Crippen LogP) is 5.03. The van der Waals surface area contributed by atoms with E-state index >= 15 is 0 Å². The van der Waals surface area contributed by atoms with Crippen molar-refractivity contribution in [3.05, 3.63) is 30.6 Å². The predicted molar refractivity (Wildman–Crippen MR) is 82.3 cm³/mol. The van der Waals surface area contributed by atoms with E-state index in [0.717, 1.165) is 18.0 Å². The van der Waals surface area contributed by atoms with Crippen LogP contribution in [-0.2, 0) is 6.54 Å². The van der Waals surface area contributed by atoms with Gasteiger partial charge in [0.2, 0.25) is 0 Å². The van der Waals surface area contributed by atoms with Crippen LogP contribution in [0.4, 0.5) is 0 Å². The molecule has 19 heavy (non-hydrogen) atoms. The average molecular weight is 258 g/mol. The van der Waals surface area contributed by atoms with Gasteiger partial charge < -0.3 is 4.57 Å². The Labute approximate surface area is 116 Å². The summed E-state index contributed by atoms with van der Waals surface area (Å²) in [5.41, 5.74) is 2.38. The fourth-order valence-electron chi connectivity index (χ4n) is 2.55. The van der Waals surface area contributed by atoms with Crippen LogP contribution in [0.25, 0.3) is 11.0 Å². The minimum absolute atomic E-state index is 0.859. The molecule has 0 spiro atoms. The van der Waals surface area contributed by atoms with Gasteiger partial charge in [0.25, 0.3) is 0 Å². The Morgan fingerprint density at radius 2 is 1.74 bits per heavy atom. The van der Waals surface area contributed by atoms with Gasteiger partial charge in [0, 0.05) is 6.54 Å². The van der Waals surface area contributed by atoms with Gasteiger partial charge in [-0.1, -0.05) is 58.1 Å². The van der Waals surface area contributed by atoms with Crippen LogP contribution in [0.1, 0.15) is 52.4 Å². The van der Waals surface area contributed by atoms with E-state index in [4.69, 9.17) is 0 Å². The van der Waals surface area contributed by atoms with Crippen LogP contribution in [0, 0.1) is 5.92 Å². The molecule has 0 unspecified atom stereocenters. The summed E-state index contributed by atoms with van der Waals surface area (Å²) in [7, 11) is 0. The third-order valence-corrected chi connectivity index (χ3v) is 3.71. The zero-order chi connectivity index (χ0) is 13.5. The fraction of sp³-hybridized carbons (Fsp3) is 0.588. The molecule has 0 fully saturated rings. The highest BCUT2D eigenvalue weighted by Crippen LogP contribution is 2.14. The van der Waals surface area contributed by atoms with E-state index in [0.29, 0.717) is 0 Å². The second kappa shape index (κ2) is 7.32. The largest absolute Gasteiger partial charge is 0.331 e. The number of nitrogens with zero attached hydrogens (tertiary/aromatic N) is 2. The van der Waals surface area contributed by atoms with E-state index in [-0.39, 0.29) is 0 Å². The lowest BCUT2D eigenvalue weighted by molar-refractivity contribution is 0.506. The van der Waals surface area contributed by atoms with E-state index in [1.807, 2.05) is 12.4 Å². The smallest absolute Gasteiger partial charge is 0.0958 e. The standard InChI is InChI=1S/C17H26N2/c1-15(2)10-6-4-3-5-9-13-19-14-18-16-11-7-8-12-17(16)19/h7-8,11-12,14-15H,3-6,9-10,13H2,1-2H3. The quantitative estimate of drug-likeness (QED) is 0.607. The van der Waals surface area contributed by atoms with Crippen LogP contribution in [-0.4, -0.2) is 9.55 Å². The van der Waals surface area contributed by atoms with E-state index in [2.05, 4.69) is 41.6 Å². The molecule has 0 saturated heterocycles. The molecule has 1 aromatic carbocycles. The maximum absolute atomic E-state index is 4.43. The lowest BCUT2D eigenvalue weighted by atomic mass is 10.0. The molecule has 0 saturated carbocycles. The molecule has 0 aliphatic rings. The van der Waals surface area contributed by atoms with Crippen molar-refractivity contribution < 1.29 is 0 Å². The Balaban J connectivity index is 1.66. The minimum Gasteiger partial charge on any atom is -0.331 e. The molecule has 2 aromatic rings. The van der Waals surface area contributed by atoms with Gasteiger partial charge in [0.05, 0.1) is 17.4 Å². The van der Waals surface area contributed by atoms with Crippen molar-refractivity contribution in [3.63, 3.8) is 0 Å². The molecule has 1 heterocycles. The highest BCUT2D eigenvalue weighted by molar-refractivity contribution is 5.74. The number of unbranched alkanes of at least 4 members (excludes halogenated alkanes) is 4. The van der Waals surface area contributed by atoms with Gasteiger partial charge in [-0.25, -0.2) is 4.98 Å². The summed E-state index contributed by atoms with van der Waals surface area (Å²) in [4.78, 5) is 4.43. The first-order valence-corrected chi connectivity index (χ1v) is 7.67. The number of imidazole rings is 1. The van der Waals surface area contributed by atoms with Crippen molar-refractivity contribution in [1.82, 2.24) is 9.55 Å². The Morgan fingerprint density at radius 3 is 2.58 bits per heavy atom. The van der Waals surface area contributed by atoms with Gasteiger partial charge in [-0.2, -0.15) is 0 Å². The molecule has 104 valence electrons. The lowest BCUT2D eigenvalue weighted by Gasteiger charge is -2.05. The molecule has 2 nitrogen and oxygen atoms in total. The Hall–Kier alpha value is -1.31. The third-order valence-electron chi connectivity index (χ3n) is 3.71. The van der Waals surface area contributed by atoms with E-state index in [1.54, 1.807) is 0 Å². The number of aryl methyl sites for hydroxylation is 1. The number of hydrogen-bond donors (Lipinski definition) is 0. The number of hydrogen-bond acceptors (Lipinski definition) is 1. The zero-order valence-electron chi connectivity index (χ0n) is 12.3. The van der Waals surface area contributed by atoms with Crippen LogP contribution in [0.2, 0.25) is 0 Å². The third kappa shape index (κ3) is 4.38. The van der Waals surface area contributed by atoms with Crippen molar-refractivity contribution >= 4 is 11.0 Å². The average Bonchev–Trinajstić information content (AvgIpc) is 2.81. The van der Waals surface area contributed by atoms with Crippen molar-refractivity contribution in [1.29, 1.82) is 0 Å². The maximum Gasteiger partial charge on any atom is 0.0958 e. The number of rotatable bonds is 8. The Kier molecular flexibility index (Phi) is 5.44. The zero-order valence-corrected chi connectivity index (χ0v) is 12.3. The molecule has 1 aromatic heterocycles. The summed E-state index contributed by atoms with van der Waals surface area (Å²) >= 11 is 0. The first-order valence-electron chi connectivity index (χ1n) is 7.67.